The highest BCUT2D eigenvalue weighted by Gasteiger charge is 2.23. The molecule has 1 N–H and O–H groups in total. The molecule has 8 nitrogen and oxygen atoms in total. The summed E-state index contributed by atoms with van der Waals surface area (Å²) in [5.41, 5.74) is 2.21. The minimum absolute atomic E-state index is 0.000569. The van der Waals surface area contributed by atoms with Crippen LogP contribution in [0.1, 0.15) is 10.4 Å². The van der Waals surface area contributed by atoms with E-state index in [1.807, 2.05) is 4.90 Å². The summed E-state index contributed by atoms with van der Waals surface area (Å²) in [4.78, 5) is 28.3. The lowest BCUT2D eigenvalue weighted by Gasteiger charge is -2.34. The molecule has 1 aliphatic heterocycles. The number of hydrogen-bond donors (Lipinski definition) is 1. The number of amides is 2. The molecule has 1 aromatic heterocycles. The molecule has 0 aliphatic carbocycles. The lowest BCUT2D eigenvalue weighted by Crippen LogP contribution is -2.50. The van der Waals surface area contributed by atoms with Crippen LogP contribution in [0.3, 0.4) is 0 Å². The Balaban J connectivity index is 1.47. The van der Waals surface area contributed by atoms with E-state index in [0.29, 0.717) is 36.9 Å². The second-order valence-electron chi connectivity index (χ2n) is 5.59. The molecule has 1 aliphatic rings. The zero-order chi connectivity index (χ0) is 17.6. The Bertz CT molecular complexity index is 712. The fourth-order valence-corrected chi connectivity index (χ4v) is 3.08. The lowest BCUT2D eigenvalue weighted by molar-refractivity contribution is -0.117. The number of piperazine rings is 1. The third-order valence-corrected chi connectivity index (χ3v) is 4.58. The molecule has 1 aromatic carbocycles. The summed E-state index contributed by atoms with van der Waals surface area (Å²) >= 11 is 1.28. The topological polar surface area (TPSA) is 87.7 Å². The van der Waals surface area contributed by atoms with Gasteiger partial charge in [0.15, 0.2) is 0 Å². The molecule has 2 aromatic rings. The third-order valence-electron chi connectivity index (χ3n) is 3.97. The molecule has 25 heavy (non-hydrogen) atoms. The van der Waals surface area contributed by atoms with Gasteiger partial charge in [-0.25, -0.2) is 0 Å². The van der Waals surface area contributed by atoms with Crippen molar-refractivity contribution in [2.24, 2.45) is 0 Å². The maximum atomic E-state index is 12.5. The molecule has 132 valence electrons. The third kappa shape index (κ3) is 4.52. The van der Waals surface area contributed by atoms with E-state index >= 15 is 0 Å². The van der Waals surface area contributed by atoms with Gasteiger partial charge in [-0.1, -0.05) is 11.3 Å². The van der Waals surface area contributed by atoms with Crippen LogP contribution in [0, 0.1) is 0 Å². The molecule has 0 atom stereocenters. The van der Waals surface area contributed by atoms with Gasteiger partial charge in [0.25, 0.3) is 5.91 Å². The van der Waals surface area contributed by atoms with Gasteiger partial charge in [0, 0.05) is 31.7 Å². The van der Waals surface area contributed by atoms with Crippen LogP contribution in [0.2, 0.25) is 0 Å². The van der Waals surface area contributed by atoms with Gasteiger partial charge < -0.3 is 9.64 Å². The first kappa shape index (κ1) is 17.3. The molecule has 0 unspecified atom stereocenters. The normalized spacial score (nSPS) is 15.0. The van der Waals surface area contributed by atoms with Gasteiger partial charge in [0.1, 0.15) is 11.3 Å². The van der Waals surface area contributed by atoms with Crippen LogP contribution < -0.4 is 10.1 Å². The maximum Gasteiger partial charge on any atom is 0.253 e. The van der Waals surface area contributed by atoms with Gasteiger partial charge in [-0.05, 0) is 24.3 Å². The van der Waals surface area contributed by atoms with Gasteiger partial charge in [0.2, 0.25) is 11.0 Å². The first-order valence-electron chi connectivity index (χ1n) is 7.87. The Morgan fingerprint density at radius 1 is 1.20 bits per heavy atom. The first-order valence-corrected chi connectivity index (χ1v) is 8.75. The molecule has 0 bridgehead atoms. The Kier molecular flexibility index (Phi) is 5.56. The van der Waals surface area contributed by atoms with E-state index in [9.17, 15) is 9.59 Å². The molecule has 0 saturated carbocycles. The SMILES string of the molecule is COc1ccc(C(=O)N2CCN(CC(=O)Nc3nncs3)CC2)cc1. The zero-order valence-corrected chi connectivity index (χ0v) is 14.7. The Morgan fingerprint density at radius 3 is 2.52 bits per heavy atom. The van der Waals surface area contributed by atoms with Gasteiger partial charge >= 0.3 is 0 Å². The summed E-state index contributed by atoms with van der Waals surface area (Å²) in [5.74, 6) is 0.607. The molecule has 2 heterocycles. The maximum absolute atomic E-state index is 12.5. The van der Waals surface area contributed by atoms with Crippen molar-refractivity contribution >= 4 is 28.3 Å². The molecule has 2 amide bonds. The highest BCUT2D eigenvalue weighted by Crippen LogP contribution is 2.14. The Labute approximate surface area is 149 Å². The van der Waals surface area contributed by atoms with Crippen LogP contribution in [0.5, 0.6) is 5.75 Å². The quantitative estimate of drug-likeness (QED) is 0.853. The second-order valence-corrected chi connectivity index (χ2v) is 6.42. The first-order chi connectivity index (χ1) is 12.2. The van der Waals surface area contributed by atoms with Crippen LogP contribution in [0.15, 0.2) is 29.8 Å². The van der Waals surface area contributed by atoms with Crippen molar-refractivity contribution in [3.8, 4) is 5.75 Å². The van der Waals surface area contributed by atoms with Gasteiger partial charge in [-0.3, -0.25) is 19.8 Å². The van der Waals surface area contributed by atoms with Gasteiger partial charge in [-0.2, -0.15) is 0 Å². The summed E-state index contributed by atoms with van der Waals surface area (Å²) in [7, 11) is 1.59. The number of methoxy groups -OCH3 is 1. The lowest BCUT2D eigenvalue weighted by atomic mass is 10.1. The molecular weight excluding hydrogens is 342 g/mol. The molecule has 0 radical (unpaired) electrons. The van der Waals surface area contributed by atoms with Crippen molar-refractivity contribution in [3.63, 3.8) is 0 Å². The van der Waals surface area contributed by atoms with Crippen molar-refractivity contribution in [2.45, 2.75) is 0 Å². The number of nitrogens with one attached hydrogen (secondary N) is 1. The van der Waals surface area contributed by atoms with E-state index in [1.165, 1.54) is 11.3 Å². The van der Waals surface area contributed by atoms with Crippen molar-refractivity contribution < 1.29 is 14.3 Å². The minimum Gasteiger partial charge on any atom is -0.497 e. The fraction of sp³-hybridized carbons (Fsp3) is 0.375. The molecular formula is C16H19N5O3S. The van der Waals surface area contributed by atoms with Crippen molar-refractivity contribution in [1.82, 2.24) is 20.0 Å². The molecule has 1 fully saturated rings. The number of rotatable bonds is 5. The van der Waals surface area contributed by atoms with E-state index in [4.69, 9.17) is 4.74 Å². The molecule has 0 spiro atoms. The van der Waals surface area contributed by atoms with Crippen LogP contribution in [-0.2, 0) is 4.79 Å². The zero-order valence-electron chi connectivity index (χ0n) is 13.8. The summed E-state index contributed by atoms with van der Waals surface area (Å²) in [6.07, 6.45) is 0. The summed E-state index contributed by atoms with van der Waals surface area (Å²) < 4.78 is 5.11. The predicted octanol–water partition coefficient (Wildman–Crippen LogP) is 0.943. The summed E-state index contributed by atoms with van der Waals surface area (Å²) in [5, 5.41) is 10.7. The number of aromatic nitrogens is 2. The average molecular weight is 361 g/mol. The van der Waals surface area contributed by atoms with E-state index in [-0.39, 0.29) is 18.4 Å². The highest BCUT2D eigenvalue weighted by atomic mass is 32.1. The number of carbonyl (C=O) groups is 2. The van der Waals surface area contributed by atoms with Crippen LogP contribution >= 0.6 is 11.3 Å². The molecule has 3 rings (SSSR count). The van der Waals surface area contributed by atoms with Crippen molar-refractivity contribution in [1.29, 1.82) is 0 Å². The number of anilines is 1. The predicted molar refractivity (Wildman–Crippen MR) is 93.9 cm³/mol. The van der Waals surface area contributed by atoms with E-state index < -0.39 is 0 Å². The molecule has 1 saturated heterocycles. The number of nitrogens with zero attached hydrogens (tertiary/aromatic N) is 4. The van der Waals surface area contributed by atoms with E-state index in [0.717, 1.165) is 5.75 Å². The average Bonchev–Trinajstić information content (AvgIpc) is 3.14. The van der Waals surface area contributed by atoms with Gasteiger partial charge in [0.05, 0.1) is 13.7 Å². The monoisotopic (exact) mass is 361 g/mol. The number of benzene rings is 1. The van der Waals surface area contributed by atoms with E-state index in [2.05, 4.69) is 15.5 Å². The number of ether oxygens (including phenoxy) is 1. The number of hydrogen-bond acceptors (Lipinski definition) is 7. The second kappa shape index (κ2) is 8.04. The Morgan fingerprint density at radius 2 is 1.92 bits per heavy atom. The van der Waals surface area contributed by atoms with Gasteiger partial charge in [-0.15, -0.1) is 10.2 Å². The summed E-state index contributed by atoms with van der Waals surface area (Å²) in [6.45, 7) is 2.79. The smallest absolute Gasteiger partial charge is 0.253 e. The van der Waals surface area contributed by atoms with Crippen LogP contribution in [0.25, 0.3) is 0 Å². The van der Waals surface area contributed by atoms with Crippen molar-refractivity contribution in [2.75, 3.05) is 45.2 Å². The molecule has 9 heteroatoms. The summed E-state index contributed by atoms with van der Waals surface area (Å²) in [6, 6.07) is 7.09. The standard InChI is InChI=1S/C16H19N5O3S/c1-24-13-4-2-12(3-5-13)15(23)21-8-6-20(7-9-21)10-14(22)18-16-19-17-11-25-16/h2-5,11H,6-10H2,1H3,(H,18,19,22). The van der Waals surface area contributed by atoms with Crippen LogP contribution in [-0.4, -0.2) is 71.6 Å². The van der Waals surface area contributed by atoms with Crippen molar-refractivity contribution in [3.05, 3.63) is 35.3 Å². The fourth-order valence-electron chi connectivity index (χ4n) is 2.61. The Hall–Kier alpha value is -2.52. The highest BCUT2D eigenvalue weighted by molar-refractivity contribution is 7.13. The van der Waals surface area contributed by atoms with E-state index in [1.54, 1.807) is 41.8 Å². The largest absolute Gasteiger partial charge is 0.497 e. The van der Waals surface area contributed by atoms with Crippen LogP contribution in [0.4, 0.5) is 5.13 Å². The minimum atomic E-state index is -0.119. The number of carbonyl (C=O) groups excluding carboxylic acids is 2.